The van der Waals surface area contributed by atoms with Gasteiger partial charge in [-0.3, -0.25) is 9.69 Å². The molecule has 0 radical (unpaired) electrons. The first-order valence-corrected chi connectivity index (χ1v) is 16.1. The normalized spacial score (nSPS) is 17.7. The number of nitrogens with zero attached hydrogens (tertiary/aromatic N) is 4. The third-order valence-corrected chi connectivity index (χ3v) is 10.3. The van der Waals surface area contributed by atoms with Gasteiger partial charge in [0.2, 0.25) is 10.0 Å². The molecule has 1 aromatic heterocycles. The summed E-state index contributed by atoms with van der Waals surface area (Å²) in [6.45, 7) is 8.57. The Morgan fingerprint density at radius 3 is 2.38 bits per heavy atom. The second-order valence-corrected chi connectivity index (χ2v) is 12.9. The van der Waals surface area contributed by atoms with Crippen LogP contribution in [0.1, 0.15) is 43.0 Å². The molecule has 2 aromatic carbocycles. The van der Waals surface area contributed by atoms with Crippen molar-refractivity contribution >= 4 is 42.6 Å². The topological polar surface area (TPSA) is 95.1 Å². The van der Waals surface area contributed by atoms with E-state index in [0.29, 0.717) is 31.8 Å². The van der Waals surface area contributed by atoms with E-state index < -0.39 is 10.0 Å². The standard InChI is InChI=1S/C28H37N5O4S2/c1-2-37-24-8-7-9-25-26(24)30-28(38-25)32-20-18-31(19-21-32)17-14-29-27(34)22-10-12-23(13-11-22)39(35,36)33-15-5-3-4-6-16-33/h7-13H,2-6,14-21H2,1H3,(H,29,34). The Balaban J connectivity index is 1.08. The molecule has 11 heteroatoms. The zero-order valence-corrected chi connectivity index (χ0v) is 24.1. The summed E-state index contributed by atoms with van der Waals surface area (Å²) in [5.74, 6) is 0.646. The van der Waals surface area contributed by atoms with Crippen LogP contribution in [0.25, 0.3) is 10.2 Å². The van der Waals surface area contributed by atoms with E-state index in [9.17, 15) is 13.2 Å². The second kappa shape index (κ2) is 12.6. The SMILES string of the molecule is CCOc1cccc2sc(N3CCN(CCNC(=O)c4ccc(S(=O)(=O)N5CCCCCC5)cc4)CC3)nc12. The molecule has 0 atom stereocenters. The second-order valence-electron chi connectivity index (χ2n) is 9.96. The highest BCUT2D eigenvalue weighted by Crippen LogP contribution is 2.34. The van der Waals surface area contributed by atoms with Gasteiger partial charge in [0.15, 0.2) is 5.13 Å². The van der Waals surface area contributed by atoms with Crippen LogP contribution in [-0.4, -0.2) is 87.5 Å². The van der Waals surface area contributed by atoms with Crippen LogP contribution in [0.5, 0.6) is 5.75 Å². The molecule has 2 saturated heterocycles. The number of fused-ring (bicyclic) bond motifs is 1. The minimum Gasteiger partial charge on any atom is -0.492 e. The number of sulfonamides is 1. The molecule has 1 amide bonds. The maximum Gasteiger partial charge on any atom is 0.251 e. The first kappa shape index (κ1) is 27.8. The van der Waals surface area contributed by atoms with E-state index >= 15 is 0 Å². The number of piperazine rings is 1. The molecule has 3 heterocycles. The Hall–Kier alpha value is -2.73. The summed E-state index contributed by atoms with van der Waals surface area (Å²) in [6.07, 6.45) is 3.93. The van der Waals surface area contributed by atoms with E-state index in [1.165, 1.54) is 0 Å². The average molecular weight is 572 g/mol. The van der Waals surface area contributed by atoms with Gasteiger partial charge in [-0.2, -0.15) is 4.31 Å². The summed E-state index contributed by atoms with van der Waals surface area (Å²) >= 11 is 1.69. The number of para-hydroxylation sites is 1. The molecule has 0 bridgehead atoms. The number of rotatable bonds is 9. The van der Waals surface area contributed by atoms with Gasteiger partial charge in [0.05, 0.1) is 16.2 Å². The van der Waals surface area contributed by atoms with Gasteiger partial charge >= 0.3 is 0 Å². The molecular weight excluding hydrogens is 534 g/mol. The third kappa shape index (κ3) is 6.54. The van der Waals surface area contributed by atoms with Gasteiger partial charge in [0, 0.05) is 57.9 Å². The molecule has 0 unspecified atom stereocenters. The zero-order valence-electron chi connectivity index (χ0n) is 22.5. The molecule has 0 saturated carbocycles. The number of ether oxygens (including phenoxy) is 1. The van der Waals surface area contributed by atoms with E-state index in [-0.39, 0.29) is 10.8 Å². The monoisotopic (exact) mass is 571 g/mol. The number of nitrogens with one attached hydrogen (secondary N) is 1. The smallest absolute Gasteiger partial charge is 0.251 e. The lowest BCUT2D eigenvalue weighted by Gasteiger charge is -2.34. The molecule has 2 aliphatic heterocycles. The number of anilines is 1. The molecule has 9 nitrogen and oxygen atoms in total. The van der Waals surface area contributed by atoms with Crippen LogP contribution in [0.15, 0.2) is 47.4 Å². The fourth-order valence-electron chi connectivity index (χ4n) is 5.12. The highest BCUT2D eigenvalue weighted by Gasteiger charge is 2.25. The molecule has 210 valence electrons. The first-order valence-electron chi connectivity index (χ1n) is 13.8. The fourth-order valence-corrected chi connectivity index (χ4v) is 7.67. The van der Waals surface area contributed by atoms with Crippen molar-refractivity contribution in [1.29, 1.82) is 0 Å². The lowest BCUT2D eigenvalue weighted by Crippen LogP contribution is -2.48. The Morgan fingerprint density at radius 1 is 0.974 bits per heavy atom. The van der Waals surface area contributed by atoms with E-state index in [2.05, 4.69) is 21.2 Å². The van der Waals surface area contributed by atoms with Crippen molar-refractivity contribution in [1.82, 2.24) is 19.5 Å². The van der Waals surface area contributed by atoms with Gasteiger partial charge in [-0.15, -0.1) is 0 Å². The first-order chi connectivity index (χ1) is 19.0. The van der Waals surface area contributed by atoms with Crippen molar-refractivity contribution < 1.29 is 17.9 Å². The van der Waals surface area contributed by atoms with Gasteiger partial charge in [-0.05, 0) is 56.2 Å². The van der Waals surface area contributed by atoms with Gasteiger partial charge in [-0.1, -0.05) is 30.2 Å². The number of carbonyl (C=O) groups excluding carboxylic acids is 1. The summed E-state index contributed by atoms with van der Waals surface area (Å²) in [5.41, 5.74) is 1.40. The summed E-state index contributed by atoms with van der Waals surface area (Å²) in [5, 5.41) is 4.00. The molecule has 3 aromatic rings. The van der Waals surface area contributed by atoms with Gasteiger partial charge in [0.25, 0.3) is 5.91 Å². The molecule has 2 aliphatic rings. The van der Waals surface area contributed by atoms with E-state index in [0.717, 1.165) is 79.5 Å². The molecule has 1 N–H and O–H groups in total. The Morgan fingerprint density at radius 2 is 1.69 bits per heavy atom. The molecule has 39 heavy (non-hydrogen) atoms. The predicted molar refractivity (Wildman–Crippen MR) is 155 cm³/mol. The van der Waals surface area contributed by atoms with E-state index in [1.54, 1.807) is 39.9 Å². The van der Waals surface area contributed by atoms with Crippen LogP contribution in [-0.2, 0) is 10.0 Å². The van der Waals surface area contributed by atoms with Crippen LogP contribution in [0.2, 0.25) is 0 Å². The van der Waals surface area contributed by atoms with Gasteiger partial charge < -0.3 is 15.0 Å². The Kier molecular flexibility index (Phi) is 9.01. The average Bonchev–Trinajstić information content (AvgIpc) is 3.20. The maximum absolute atomic E-state index is 13.0. The van der Waals surface area contributed by atoms with Crippen molar-refractivity contribution in [3.8, 4) is 5.75 Å². The molecule has 0 aliphatic carbocycles. The van der Waals surface area contributed by atoms with Gasteiger partial charge in [-0.25, -0.2) is 13.4 Å². The zero-order chi connectivity index (χ0) is 27.2. The number of hydrogen-bond acceptors (Lipinski definition) is 8. The largest absolute Gasteiger partial charge is 0.492 e. The number of carbonyl (C=O) groups is 1. The van der Waals surface area contributed by atoms with Crippen molar-refractivity contribution in [2.45, 2.75) is 37.5 Å². The minimum atomic E-state index is -3.52. The number of aromatic nitrogens is 1. The molecule has 5 rings (SSSR count). The number of amides is 1. The third-order valence-electron chi connectivity index (χ3n) is 7.35. The quantitative estimate of drug-likeness (QED) is 0.417. The Labute approximate surface area is 234 Å². The Bertz CT molecular complexity index is 1360. The van der Waals surface area contributed by atoms with Crippen LogP contribution >= 0.6 is 11.3 Å². The van der Waals surface area contributed by atoms with E-state index in [1.807, 2.05) is 19.1 Å². The van der Waals surface area contributed by atoms with Crippen molar-refractivity contribution in [3.63, 3.8) is 0 Å². The van der Waals surface area contributed by atoms with Crippen LogP contribution < -0.4 is 15.0 Å². The highest BCUT2D eigenvalue weighted by atomic mass is 32.2. The summed E-state index contributed by atoms with van der Waals surface area (Å²) < 4.78 is 34.4. The van der Waals surface area contributed by atoms with Crippen LogP contribution in [0.3, 0.4) is 0 Å². The van der Waals surface area contributed by atoms with E-state index in [4.69, 9.17) is 9.72 Å². The highest BCUT2D eigenvalue weighted by molar-refractivity contribution is 7.89. The number of benzene rings is 2. The van der Waals surface area contributed by atoms with Crippen LogP contribution in [0.4, 0.5) is 5.13 Å². The summed E-state index contributed by atoms with van der Waals surface area (Å²) in [6, 6.07) is 12.4. The van der Waals surface area contributed by atoms with Crippen molar-refractivity contribution in [2.75, 3.05) is 63.9 Å². The minimum absolute atomic E-state index is 0.188. The molecule has 0 spiro atoms. The molecule has 2 fully saturated rings. The lowest BCUT2D eigenvalue weighted by atomic mass is 10.2. The summed E-state index contributed by atoms with van der Waals surface area (Å²) in [4.78, 5) is 22.4. The lowest BCUT2D eigenvalue weighted by molar-refractivity contribution is 0.0947. The summed E-state index contributed by atoms with van der Waals surface area (Å²) in [7, 11) is -3.52. The van der Waals surface area contributed by atoms with Gasteiger partial charge in [0.1, 0.15) is 11.3 Å². The fraction of sp³-hybridized carbons (Fsp3) is 0.500. The maximum atomic E-state index is 13.0. The van der Waals surface area contributed by atoms with Crippen LogP contribution in [0, 0.1) is 0 Å². The van der Waals surface area contributed by atoms with Crippen molar-refractivity contribution in [3.05, 3.63) is 48.0 Å². The number of thiazole rings is 1. The van der Waals surface area contributed by atoms with Crippen molar-refractivity contribution in [2.24, 2.45) is 0 Å². The molecular formula is C28H37N5O4S2. The predicted octanol–water partition coefficient (Wildman–Crippen LogP) is 3.81. The number of hydrogen-bond donors (Lipinski definition) is 1.